The number of rotatable bonds is 5. The van der Waals surface area contributed by atoms with E-state index in [0.29, 0.717) is 11.1 Å². The highest BCUT2D eigenvalue weighted by atomic mass is 32.2. The van der Waals surface area contributed by atoms with Crippen molar-refractivity contribution in [2.24, 2.45) is 0 Å². The predicted molar refractivity (Wildman–Crippen MR) is 82.1 cm³/mol. The molecule has 1 N–H and O–H groups in total. The van der Waals surface area contributed by atoms with Crippen LogP contribution in [0, 0.1) is 17.0 Å². The number of hydrogen-bond acceptors (Lipinski definition) is 5. The average Bonchev–Trinajstić information content (AvgIpc) is 2.46. The zero-order chi connectivity index (χ0) is 17.2. The normalized spacial score (nSPS) is 11.2. The lowest BCUT2D eigenvalue weighted by Gasteiger charge is -2.07. The average molecular weight is 335 g/mol. The lowest BCUT2D eigenvalue weighted by molar-refractivity contribution is -0.384. The van der Waals surface area contributed by atoms with Crippen molar-refractivity contribution in [2.45, 2.75) is 17.6 Å². The summed E-state index contributed by atoms with van der Waals surface area (Å²) in [5.41, 5.74) is 0.670. The van der Waals surface area contributed by atoms with Crippen LogP contribution in [0.15, 0.2) is 47.4 Å². The Hall–Kier alpha value is -2.74. The second kappa shape index (κ2) is 6.17. The van der Waals surface area contributed by atoms with Gasteiger partial charge in [-0.1, -0.05) is 12.1 Å². The van der Waals surface area contributed by atoms with Gasteiger partial charge in [-0.2, -0.15) is 0 Å². The monoisotopic (exact) mass is 335 g/mol. The third-order valence-electron chi connectivity index (χ3n) is 3.16. The van der Waals surface area contributed by atoms with E-state index in [1.165, 1.54) is 36.4 Å². The summed E-state index contributed by atoms with van der Waals surface area (Å²) in [7, 11) is -3.76. The summed E-state index contributed by atoms with van der Waals surface area (Å²) < 4.78 is 24.8. The minimum Gasteiger partial charge on any atom is -0.478 e. The van der Waals surface area contributed by atoms with Gasteiger partial charge in [0, 0.05) is 12.1 Å². The molecule has 2 aromatic rings. The molecule has 0 radical (unpaired) electrons. The van der Waals surface area contributed by atoms with Gasteiger partial charge in [0.15, 0.2) is 9.84 Å². The Kier molecular flexibility index (Phi) is 4.46. The first-order valence-corrected chi connectivity index (χ1v) is 8.15. The van der Waals surface area contributed by atoms with Crippen molar-refractivity contribution in [2.75, 3.05) is 0 Å². The summed E-state index contributed by atoms with van der Waals surface area (Å²) >= 11 is 0. The minimum absolute atomic E-state index is 0.0896. The molecule has 2 rings (SSSR count). The molecule has 0 amide bonds. The maximum Gasteiger partial charge on any atom is 0.335 e. The molecule has 0 heterocycles. The molecule has 0 saturated heterocycles. The summed E-state index contributed by atoms with van der Waals surface area (Å²) in [5, 5.41) is 19.6. The Morgan fingerprint density at radius 1 is 1.17 bits per heavy atom. The number of aromatic carboxylic acids is 1. The third-order valence-corrected chi connectivity index (χ3v) is 4.83. The summed E-state index contributed by atoms with van der Waals surface area (Å²) in [6.45, 7) is 1.61. The Morgan fingerprint density at radius 3 is 2.30 bits per heavy atom. The van der Waals surface area contributed by atoms with Gasteiger partial charge in [0.05, 0.1) is 21.1 Å². The standard InChI is InChI=1S/C15H13NO6S/c1-10-6-12(15(17)18)8-14(7-10)23(21,22)9-11-2-4-13(5-3-11)16(19)20/h2-8H,9H2,1H3,(H,17,18). The van der Waals surface area contributed by atoms with Crippen molar-refractivity contribution < 1.29 is 23.2 Å². The molecule has 0 aliphatic carbocycles. The van der Waals surface area contributed by atoms with Crippen LogP contribution >= 0.6 is 0 Å². The van der Waals surface area contributed by atoms with Crippen LogP contribution in [0.1, 0.15) is 21.5 Å². The first-order valence-electron chi connectivity index (χ1n) is 6.50. The van der Waals surface area contributed by atoms with Crippen LogP contribution in [0.4, 0.5) is 5.69 Å². The number of non-ortho nitro benzene ring substituents is 1. The summed E-state index contributed by atoms with van der Waals surface area (Å²) in [6.07, 6.45) is 0. The number of carboxylic acids is 1. The largest absolute Gasteiger partial charge is 0.478 e. The lowest BCUT2D eigenvalue weighted by atomic mass is 10.1. The lowest BCUT2D eigenvalue weighted by Crippen LogP contribution is -2.07. The molecule has 7 nitrogen and oxygen atoms in total. The maximum absolute atomic E-state index is 12.4. The Bertz CT molecular complexity index is 871. The van der Waals surface area contributed by atoms with Crippen molar-refractivity contribution in [3.8, 4) is 0 Å². The molecule has 0 aliphatic rings. The number of hydrogen-bond donors (Lipinski definition) is 1. The predicted octanol–water partition coefficient (Wildman–Crippen LogP) is 2.58. The number of aryl methyl sites for hydroxylation is 1. The van der Waals surface area contributed by atoms with E-state index in [9.17, 15) is 23.3 Å². The van der Waals surface area contributed by atoms with E-state index in [0.717, 1.165) is 6.07 Å². The van der Waals surface area contributed by atoms with Crippen molar-refractivity contribution in [1.82, 2.24) is 0 Å². The molecule has 0 fully saturated rings. The molecule has 0 aromatic heterocycles. The van der Waals surface area contributed by atoms with E-state index in [-0.39, 0.29) is 21.9 Å². The smallest absolute Gasteiger partial charge is 0.335 e. The van der Waals surface area contributed by atoms with Crippen LogP contribution in [-0.2, 0) is 15.6 Å². The summed E-state index contributed by atoms with van der Waals surface area (Å²) in [5.74, 6) is -1.58. The van der Waals surface area contributed by atoms with Gasteiger partial charge in [-0.25, -0.2) is 13.2 Å². The highest BCUT2D eigenvalue weighted by molar-refractivity contribution is 7.90. The molecule has 8 heteroatoms. The van der Waals surface area contributed by atoms with Crippen molar-refractivity contribution in [3.63, 3.8) is 0 Å². The van der Waals surface area contributed by atoms with Crippen LogP contribution in [0.2, 0.25) is 0 Å². The Labute approximate surface area is 132 Å². The number of nitro benzene ring substituents is 1. The molecule has 23 heavy (non-hydrogen) atoms. The van der Waals surface area contributed by atoms with Crippen LogP contribution in [0.5, 0.6) is 0 Å². The zero-order valence-corrected chi connectivity index (χ0v) is 12.9. The van der Waals surface area contributed by atoms with Gasteiger partial charge in [-0.3, -0.25) is 10.1 Å². The number of carbonyl (C=O) groups is 1. The van der Waals surface area contributed by atoms with Crippen molar-refractivity contribution in [1.29, 1.82) is 0 Å². The topological polar surface area (TPSA) is 115 Å². The van der Waals surface area contributed by atoms with E-state index in [2.05, 4.69) is 0 Å². The molecule has 120 valence electrons. The summed E-state index contributed by atoms with van der Waals surface area (Å²) in [4.78, 5) is 21.0. The third kappa shape index (κ3) is 3.92. The van der Waals surface area contributed by atoms with E-state index < -0.39 is 20.7 Å². The first-order chi connectivity index (χ1) is 10.7. The maximum atomic E-state index is 12.4. The second-order valence-electron chi connectivity index (χ2n) is 5.02. The Balaban J connectivity index is 2.35. The highest BCUT2D eigenvalue weighted by Crippen LogP contribution is 2.21. The SMILES string of the molecule is Cc1cc(C(=O)O)cc(S(=O)(=O)Cc2ccc([N+](=O)[O-])cc2)c1. The van der Waals surface area contributed by atoms with Gasteiger partial charge in [0.25, 0.3) is 5.69 Å². The van der Waals surface area contributed by atoms with Gasteiger partial charge in [0.1, 0.15) is 0 Å². The van der Waals surface area contributed by atoms with E-state index >= 15 is 0 Å². The zero-order valence-electron chi connectivity index (χ0n) is 12.1. The molecule has 2 aromatic carbocycles. The van der Waals surface area contributed by atoms with Crippen LogP contribution in [-0.4, -0.2) is 24.4 Å². The fourth-order valence-electron chi connectivity index (χ4n) is 2.07. The number of carboxylic acid groups (broad SMARTS) is 1. The highest BCUT2D eigenvalue weighted by Gasteiger charge is 2.18. The van der Waals surface area contributed by atoms with Gasteiger partial charge in [-0.05, 0) is 36.2 Å². The van der Waals surface area contributed by atoms with Crippen LogP contribution < -0.4 is 0 Å². The molecule has 0 bridgehead atoms. The fraction of sp³-hybridized carbons (Fsp3) is 0.133. The van der Waals surface area contributed by atoms with E-state index in [1.54, 1.807) is 6.92 Å². The van der Waals surface area contributed by atoms with Gasteiger partial charge in [0.2, 0.25) is 0 Å². The van der Waals surface area contributed by atoms with E-state index in [4.69, 9.17) is 5.11 Å². The number of sulfone groups is 1. The Morgan fingerprint density at radius 2 is 1.78 bits per heavy atom. The van der Waals surface area contributed by atoms with E-state index in [1.807, 2.05) is 0 Å². The molecule has 0 saturated carbocycles. The molecule has 0 aliphatic heterocycles. The van der Waals surface area contributed by atoms with Crippen LogP contribution in [0.25, 0.3) is 0 Å². The van der Waals surface area contributed by atoms with Gasteiger partial charge in [-0.15, -0.1) is 0 Å². The molecular weight excluding hydrogens is 322 g/mol. The molecule has 0 spiro atoms. The minimum atomic E-state index is -3.76. The van der Waals surface area contributed by atoms with Crippen molar-refractivity contribution >= 4 is 21.5 Å². The molecular formula is C15H13NO6S. The summed E-state index contributed by atoms with van der Waals surface area (Å²) in [6, 6.07) is 9.07. The molecule has 0 unspecified atom stereocenters. The van der Waals surface area contributed by atoms with Crippen molar-refractivity contribution in [3.05, 3.63) is 69.3 Å². The number of benzene rings is 2. The van der Waals surface area contributed by atoms with Gasteiger partial charge < -0.3 is 5.11 Å². The number of nitrogens with zero attached hydrogens (tertiary/aromatic N) is 1. The second-order valence-corrected chi connectivity index (χ2v) is 7.01. The first kappa shape index (κ1) is 16.6. The number of nitro groups is 1. The van der Waals surface area contributed by atoms with Gasteiger partial charge >= 0.3 is 5.97 Å². The fourth-order valence-corrected chi connectivity index (χ4v) is 3.54. The molecule has 0 atom stereocenters. The quantitative estimate of drug-likeness (QED) is 0.663. The van der Waals surface area contributed by atoms with Crippen LogP contribution in [0.3, 0.4) is 0 Å².